The van der Waals surface area contributed by atoms with Crippen molar-refractivity contribution in [1.29, 1.82) is 0 Å². The van der Waals surface area contributed by atoms with E-state index >= 15 is 0 Å². The van der Waals surface area contributed by atoms with Gasteiger partial charge in [-0.05, 0) is 47.3 Å². The molecule has 0 amide bonds. The quantitative estimate of drug-likeness (QED) is 0.854. The van der Waals surface area contributed by atoms with Gasteiger partial charge in [-0.1, -0.05) is 24.6 Å². The molecule has 0 unspecified atom stereocenters. The third-order valence-electron chi connectivity index (χ3n) is 3.60. The minimum absolute atomic E-state index is 0.550. The van der Waals surface area contributed by atoms with Crippen LogP contribution in [-0.2, 0) is 6.42 Å². The van der Waals surface area contributed by atoms with Gasteiger partial charge >= 0.3 is 0 Å². The summed E-state index contributed by atoms with van der Waals surface area (Å²) in [5.74, 6) is 1.89. The highest BCUT2D eigenvalue weighted by Gasteiger charge is 2.29. The van der Waals surface area contributed by atoms with Crippen LogP contribution < -0.4 is 5.73 Å². The van der Waals surface area contributed by atoms with Crippen molar-refractivity contribution in [3.8, 4) is 11.3 Å². The van der Waals surface area contributed by atoms with Gasteiger partial charge < -0.3 is 10.3 Å². The average Bonchev–Trinajstić information content (AvgIpc) is 3.19. The summed E-state index contributed by atoms with van der Waals surface area (Å²) in [6.45, 7) is 2.17. The third kappa shape index (κ3) is 2.47. The fraction of sp³-hybridized carbons (Fsp3) is 0.400. The molecule has 0 bridgehead atoms. The monoisotopic (exact) mass is 353 g/mol. The fourth-order valence-electron chi connectivity index (χ4n) is 2.49. The standard InChI is InChI=1S/C15H17BrClN3/c1-2-3-13-19-14(15(18)20(13)10-5-6-10)9-4-7-12(17)11(16)8-9/h4,7-8,10H,2-3,5-6,18H2,1H3. The number of imidazole rings is 1. The third-order valence-corrected chi connectivity index (χ3v) is 4.81. The van der Waals surface area contributed by atoms with Crippen LogP contribution >= 0.6 is 27.5 Å². The highest BCUT2D eigenvalue weighted by Crippen LogP contribution is 2.41. The van der Waals surface area contributed by atoms with Gasteiger partial charge in [-0.2, -0.15) is 0 Å². The second-order valence-corrected chi connectivity index (χ2v) is 6.50. The van der Waals surface area contributed by atoms with E-state index in [1.807, 2.05) is 18.2 Å². The molecule has 2 N–H and O–H groups in total. The van der Waals surface area contributed by atoms with Crippen molar-refractivity contribution in [1.82, 2.24) is 9.55 Å². The molecule has 1 fully saturated rings. The number of hydrogen-bond acceptors (Lipinski definition) is 2. The highest BCUT2D eigenvalue weighted by atomic mass is 79.9. The molecule has 1 heterocycles. The van der Waals surface area contributed by atoms with Gasteiger partial charge in [-0.15, -0.1) is 0 Å². The molecule has 1 aromatic carbocycles. The Morgan fingerprint density at radius 1 is 1.45 bits per heavy atom. The lowest BCUT2D eigenvalue weighted by molar-refractivity contribution is 0.676. The molecule has 0 atom stereocenters. The van der Waals surface area contributed by atoms with Gasteiger partial charge in [-0.25, -0.2) is 4.98 Å². The number of hydrogen-bond donors (Lipinski definition) is 1. The number of nitrogen functional groups attached to an aromatic ring is 1. The maximum Gasteiger partial charge on any atom is 0.131 e. The lowest BCUT2D eigenvalue weighted by Gasteiger charge is -2.07. The van der Waals surface area contributed by atoms with E-state index < -0.39 is 0 Å². The molecule has 0 radical (unpaired) electrons. The van der Waals surface area contributed by atoms with Gasteiger partial charge in [0.15, 0.2) is 0 Å². The topological polar surface area (TPSA) is 43.8 Å². The molecular formula is C15H17BrClN3. The van der Waals surface area contributed by atoms with Crippen LogP contribution in [0.15, 0.2) is 22.7 Å². The first kappa shape index (κ1) is 14.0. The fourth-order valence-corrected chi connectivity index (χ4v) is 2.99. The Morgan fingerprint density at radius 3 is 2.80 bits per heavy atom. The molecule has 2 aromatic rings. The molecule has 1 saturated carbocycles. The Morgan fingerprint density at radius 2 is 2.20 bits per heavy atom. The number of halogens is 2. The first-order chi connectivity index (χ1) is 9.61. The lowest BCUT2D eigenvalue weighted by atomic mass is 10.1. The Kier molecular flexibility index (Phi) is 3.78. The summed E-state index contributed by atoms with van der Waals surface area (Å²) in [5, 5.41) is 0.697. The van der Waals surface area contributed by atoms with Crippen LogP contribution in [0.2, 0.25) is 5.02 Å². The van der Waals surface area contributed by atoms with Gasteiger partial charge in [0, 0.05) is 22.5 Å². The Bertz CT molecular complexity index is 647. The average molecular weight is 355 g/mol. The number of rotatable bonds is 4. The Labute approximate surface area is 132 Å². The number of anilines is 1. The van der Waals surface area contributed by atoms with Gasteiger partial charge in [0.25, 0.3) is 0 Å². The molecule has 5 heteroatoms. The van der Waals surface area contributed by atoms with Crippen molar-refractivity contribution in [2.45, 2.75) is 38.6 Å². The van der Waals surface area contributed by atoms with Crippen molar-refractivity contribution in [2.24, 2.45) is 0 Å². The maximum absolute atomic E-state index is 6.35. The Balaban J connectivity index is 2.08. The first-order valence-electron chi connectivity index (χ1n) is 6.93. The predicted octanol–water partition coefficient (Wildman–Crippen LogP) is 4.84. The van der Waals surface area contributed by atoms with Crippen molar-refractivity contribution in [2.75, 3.05) is 5.73 Å². The molecule has 0 aliphatic heterocycles. The smallest absolute Gasteiger partial charge is 0.131 e. The van der Waals surface area contributed by atoms with Crippen LogP contribution in [0.3, 0.4) is 0 Å². The van der Waals surface area contributed by atoms with E-state index in [0.717, 1.165) is 40.2 Å². The number of nitrogens with zero attached hydrogens (tertiary/aromatic N) is 2. The lowest BCUT2D eigenvalue weighted by Crippen LogP contribution is -2.05. The summed E-state index contributed by atoms with van der Waals surface area (Å²) in [6, 6.07) is 6.37. The van der Waals surface area contributed by atoms with E-state index in [4.69, 9.17) is 22.3 Å². The summed E-state index contributed by atoms with van der Waals surface area (Å²) in [5.41, 5.74) is 8.23. The molecule has 3 rings (SSSR count). The number of aryl methyl sites for hydroxylation is 1. The molecule has 0 saturated heterocycles. The molecule has 20 heavy (non-hydrogen) atoms. The van der Waals surface area contributed by atoms with Crippen LogP contribution in [0.25, 0.3) is 11.3 Å². The molecule has 1 aromatic heterocycles. The predicted molar refractivity (Wildman–Crippen MR) is 87.1 cm³/mol. The summed E-state index contributed by atoms with van der Waals surface area (Å²) >= 11 is 9.51. The van der Waals surface area contributed by atoms with Crippen molar-refractivity contribution >= 4 is 33.3 Å². The maximum atomic E-state index is 6.35. The largest absolute Gasteiger partial charge is 0.383 e. The van der Waals surface area contributed by atoms with Crippen molar-refractivity contribution in [3.05, 3.63) is 33.5 Å². The highest BCUT2D eigenvalue weighted by molar-refractivity contribution is 9.10. The van der Waals surface area contributed by atoms with E-state index in [1.165, 1.54) is 12.8 Å². The summed E-state index contributed by atoms with van der Waals surface area (Å²) in [6.07, 6.45) is 4.46. The molecular weight excluding hydrogens is 338 g/mol. The number of nitrogens with two attached hydrogens (primary N) is 1. The van der Waals surface area contributed by atoms with Crippen LogP contribution in [0.1, 0.15) is 38.1 Å². The van der Waals surface area contributed by atoms with E-state index in [2.05, 4.69) is 27.4 Å². The Hall–Kier alpha value is -1.00. The van der Waals surface area contributed by atoms with Gasteiger partial charge in [0.1, 0.15) is 17.3 Å². The molecule has 106 valence electrons. The zero-order valence-electron chi connectivity index (χ0n) is 11.4. The van der Waals surface area contributed by atoms with Crippen LogP contribution in [0, 0.1) is 0 Å². The van der Waals surface area contributed by atoms with Crippen LogP contribution in [-0.4, -0.2) is 9.55 Å². The zero-order valence-corrected chi connectivity index (χ0v) is 13.7. The molecule has 3 nitrogen and oxygen atoms in total. The first-order valence-corrected chi connectivity index (χ1v) is 8.11. The summed E-state index contributed by atoms with van der Waals surface area (Å²) in [7, 11) is 0. The number of aromatic nitrogens is 2. The molecule has 1 aliphatic rings. The minimum Gasteiger partial charge on any atom is -0.383 e. The zero-order chi connectivity index (χ0) is 14.3. The number of benzene rings is 1. The van der Waals surface area contributed by atoms with E-state index in [-0.39, 0.29) is 0 Å². The second-order valence-electron chi connectivity index (χ2n) is 5.24. The summed E-state index contributed by atoms with van der Waals surface area (Å²) < 4.78 is 3.09. The van der Waals surface area contributed by atoms with Crippen molar-refractivity contribution in [3.63, 3.8) is 0 Å². The molecule has 0 spiro atoms. The SMILES string of the molecule is CCCc1nc(-c2ccc(Cl)c(Br)c2)c(N)n1C1CC1. The van der Waals surface area contributed by atoms with Gasteiger partial charge in [-0.3, -0.25) is 0 Å². The van der Waals surface area contributed by atoms with Gasteiger partial charge in [0.05, 0.1) is 5.02 Å². The van der Waals surface area contributed by atoms with E-state index in [1.54, 1.807) is 0 Å². The second kappa shape index (κ2) is 5.41. The van der Waals surface area contributed by atoms with Crippen molar-refractivity contribution < 1.29 is 0 Å². The summed E-state index contributed by atoms with van der Waals surface area (Å²) in [4.78, 5) is 4.78. The van der Waals surface area contributed by atoms with Crippen LogP contribution in [0.4, 0.5) is 5.82 Å². The van der Waals surface area contributed by atoms with E-state index in [0.29, 0.717) is 11.1 Å². The van der Waals surface area contributed by atoms with Crippen LogP contribution in [0.5, 0.6) is 0 Å². The van der Waals surface area contributed by atoms with Gasteiger partial charge in [0.2, 0.25) is 0 Å². The minimum atomic E-state index is 0.550. The molecule has 1 aliphatic carbocycles. The normalized spacial score (nSPS) is 14.8. The van der Waals surface area contributed by atoms with E-state index in [9.17, 15) is 0 Å².